The molecule has 27 heavy (non-hydrogen) atoms. The lowest BCUT2D eigenvalue weighted by molar-refractivity contribution is -0.112. The van der Waals surface area contributed by atoms with Gasteiger partial charge in [0, 0.05) is 5.69 Å². The van der Waals surface area contributed by atoms with E-state index < -0.39 is 5.91 Å². The molecule has 0 bridgehead atoms. The number of nitrogens with zero attached hydrogens (tertiary/aromatic N) is 1. The van der Waals surface area contributed by atoms with Gasteiger partial charge in [-0.05, 0) is 53.8 Å². The Morgan fingerprint density at radius 1 is 1.15 bits per heavy atom. The van der Waals surface area contributed by atoms with Crippen LogP contribution in [0.5, 0.6) is 11.5 Å². The average molecular weight is 364 g/mol. The van der Waals surface area contributed by atoms with E-state index in [1.165, 1.54) is 18.7 Å². The smallest absolute Gasteiger partial charge is 0.266 e. The van der Waals surface area contributed by atoms with E-state index in [0.717, 1.165) is 6.42 Å². The quantitative estimate of drug-likeness (QED) is 0.568. The van der Waals surface area contributed by atoms with Gasteiger partial charge < -0.3 is 14.8 Å². The molecule has 5 heteroatoms. The minimum Gasteiger partial charge on any atom is -0.493 e. The van der Waals surface area contributed by atoms with Crippen LogP contribution >= 0.6 is 0 Å². The van der Waals surface area contributed by atoms with E-state index in [1.807, 2.05) is 30.3 Å². The number of methoxy groups -OCH3 is 2. The summed E-state index contributed by atoms with van der Waals surface area (Å²) >= 11 is 0. The molecular formula is C22H24N2O3. The molecule has 0 heterocycles. The van der Waals surface area contributed by atoms with Gasteiger partial charge in [-0.25, -0.2) is 0 Å². The molecule has 1 N–H and O–H groups in total. The summed E-state index contributed by atoms with van der Waals surface area (Å²) in [4.78, 5) is 12.4. The molecule has 0 aliphatic carbocycles. The molecule has 0 aliphatic heterocycles. The van der Waals surface area contributed by atoms with Crippen LogP contribution in [0.25, 0.3) is 6.08 Å². The first kappa shape index (κ1) is 20.1. The molecular weight excluding hydrogens is 340 g/mol. The summed E-state index contributed by atoms with van der Waals surface area (Å²) in [6.45, 7) is 4.30. The fraction of sp³-hybridized carbons (Fsp3) is 0.273. The van der Waals surface area contributed by atoms with Gasteiger partial charge in [0.05, 0.1) is 14.2 Å². The number of rotatable bonds is 7. The van der Waals surface area contributed by atoms with Crippen molar-refractivity contribution in [3.8, 4) is 17.6 Å². The summed E-state index contributed by atoms with van der Waals surface area (Å²) in [6, 6.07) is 14.8. The molecule has 0 saturated carbocycles. The fourth-order valence-electron chi connectivity index (χ4n) is 2.59. The Hall–Kier alpha value is -3.26. The van der Waals surface area contributed by atoms with Crippen LogP contribution in [-0.4, -0.2) is 20.1 Å². The van der Waals surface area contributed by atoms with Crippen LogP contribution in [0, 0.1) is 11.3 Å². The highest BCUT2D eigenvalue weighted by molar-refractivity contribution is 6.09. The molecule has 5 nitrogen and oxygen atoms in total. The van der Waals surface area contributed by atoms with Crippen molar-refractivity contribution in [2.24, 2.45) is 0 Å². The van der Waals surface area contributed by atoms with Crippen molar-refractivity contribution in [3.63, 3.8) is 0 Å². The Morgan fingerprint density at radius 3 is 2.37 bits per heavy atom. The highest BCUT2D eigenvalue weighted by Crippen LogP contribution is 2.28. The van der Waals surface area contributed by atoms with Gasteiger partial charge in [-0.3, -0.25) is 4.79 Å². The Morgan fingerprint density at radius 2 is 1.81 bits per heavy atom. The first-order valence-corrected chi connectivity index (χ1v) is 8.77. The first-order chi connectivity index (χ1) is 13.0. The third kappa shape index (κ3) is 5.11. The van der Waals surface area contributed by atoms with Gasteiger partial charge in [0.25, 0.3) is 5.91 Å². The summed E-state index contributed by atoms with van der Waals surface area (Å²) in [7, 11) is 3.08. The number of carbonyl (C=O) groups is 1. The zero-order valence-corrected chi connectivity index (χ0v) is 16.1. The number of nitrogens with one attached hydrogen (secondary N) is 1. The van der Waals surface area contributed by atoms with Gasteiger partial charge in [0.2, 0.25) is 0 Å². The maximum Gasteiger partial charge on any atom is 0.266 e. The number of carbonyl (C=O) groups excluding carboxylic acids is 1. The molecule has 2 rings (SSSR count). The second kappa shape index (κ2) is 9.44. The number of hydrogen-bond donors (Lipinski definition) is 1. The fourth-order valence-corrected chi connectivity index (χ4v) is 2.59. The number of amides is 1. The summed E-state index contributed by atoms with van der Waals surface area (Å²) in [5, 5.41) is 12.1. The van der Waals surface area contributed by atoms with Crippen molar-refractivity contribution in [1.29, 1.82) is 5.26 Å². The predicted octanol–water partition coefficient (Wildman–Crippen LogP) is 4.76. The molecule has 1 amide bonds. The zero-order chi connectivity index (χ0) is 19.8. The Bertz CT molecular complexity index is 864. The SMILES string of the molecule is CC[C@@H](C)c1ccc(NC(=O)/C(C#N)=C/c2ccc(OC)c(OC)c2)cc1. The van der Waals surface area contributed by atoms with E-state index in [4.69, 9.17) is 9.47 Å². The molecule has 1 atom stereocenters. The van der Waals surface area contributed by atoms with E-state index in [0.29, 0.717) is 28.7 Å². The lowest BCUT2D eigenvalue weighted by Crippen LogP contribution is -2.13. The van der Waals surface area contributed by atoms with E-state index in [1.54, 1.807) is 25.3 Å². The predicted molar refractivity (Wildman–Crippen MR) is 107 cm³/mol. The van der Waals surface area contributed by atoms with Crippen LogP contribution in [0.2, 0.25) is 0 Å². The van der Waals surface area contributed by atoms with Crippen molar-refractivity contribution >= 4 is 17.7 Å². The molecule has 0 spiro atoms. The van der Waals surface area contributed by atoms with Crippen LogP contribution in [0.1, 0.15) is 37.3 Å². The van der Waals surface area contributed by atoms with Gasteiger partial charge in [0.1, 0.15) is 11.6 Å². The third-order valence-electron chi connectivity index (χ3n) is 4.43. The molecule has 0 unspecified atom stereocenters. The lowest BCUT2D eigenvalue weighted by atomic mass is 9.98. The second-order valence-electron chi connectivity index (χ2n) is 6.17. The molecule has 2 aromatic rings. The number of anilines is 1. The summed E-state index contributed by atoms with van der Waals surface area (Å²) in [5.74, 6) is 1.13. The highest BCUT2D eigenvalue weighted by Gasteiger charge is 2.11. The van der Waals surface area contributed by atoms with Crippen molar-refractivity contribution in [3.05, 3.63) is 59.2 Å². The summed E-state index contributed by atoms with van der Waals surface area (Å²) < 4.78 is 10.4. The van der Waals surface area contributed by atoms with E-state index in [-0.39, 0.29) is 5.57 Å². The number of benzene rings is 2. The van der Waals surface area contributed by atoms with Crippen molar-refractivity contribution in [2.45, 2.75) is 26.2 Å². The van der Waals surface area contributed by atoms with E-state index in [2.05, 4.69) is 19.2 Å². The highest BCUT2D eigenvalue weighted by atomic mass is 16.5. The van der Waals surface area contributed by atoms with Crippen molar-refractivity contribution in [2.75, 3.05) is 19.5 Å². The molecule has 0 aromatic heterocycles. The molecule has 0 saturated heterocycles. The van der Waals surface area contributed by atoms with Crippen LogP contribution in [0.4, 0.5) is 5.69 Å². The standard InChI is InChI=1S/C22H24N2O3/c1-5-15(2)17-7-9-19(10-8-17)24-22(25)18(14-23)12-16-6-11-20(26-3)21(13-16)27-4/h6-13,15H,5H2,1-4H3,(H,24,25)/b18-12+/t15-/m1/s1. The zero-order valence-electron chi connectivity index (χ0n) is 16.1. The first-order valence-electron chi connectivity index (χ1n) is 8.77. The summed E-state index contributed by atoms with van der Waals surface area (Å²) in [5.41, 5.74) is 2.55. The average Bonchev–Trinajstić information content (AvgIpc) is 2.71. The topological polar surface area (TPSA) is 71.4 Å². The monoisotopic (exact) mass is 364 g/mol. The second-order valence-corrected chi connectivity index (χ2v) is 6.17. The number of hydrogen-bond acceptors (Lipinski definition) is 4. The molecule has 0 aliphatic rings. The minimum atomic E-state index is -0.455. The van der Waals surface area contributed by atoms with Crippen LogP contribution < -0.4 is 14.8 Å². The summed E-state index contributed by atoms with van der Waals surface area (Å²) in [6.07, 6.45) is 2.57. The maximum absolute atomic E-state index is 12.4. The largest absolute Gasteiger partial charge is 0.493 e. The Balaban J connectivity index is 2.18. The third-order valence-corrected chi connectivity index (χ3v) is 4.43. The van der Waals surface area contributed by atoms with Crippen LogP contribution in [0.3, 0.4) is 0 Å². The molecule has 0 radical (unpaired) electrons. The van der Waals surface area contributed by atoms with Crippen molar-refractivity contribution < 1.29 is 14.3 Å². The molecule has 140 valence electrons. The van der Waals surface area contributed by atoms with Crippen molar-refractivity contribution in [1.82, 2.24) is 0 Å². The van der Waals surface area contributed by atoms with Gasteiger partial charge in [0.15, 0.2) is 11.5 Å². The van der Waals surface area contributed by atoms with Crippen LogP contribution in [-0.2, 0) is 4.79 Å². The van der Waals surface area contributed by atoms with Gasteiger partial charge >= 0.3 is 0 Å². The van der Waals surface area contributed by atoms with Gasteiger partial charge in [-0.2, -0.15) is 5.26 Å². The Kier molecular flexibility index (Phi) is 7.01. The maximum atomic E-state index is 12.4. The van der Waals surface area contributed by atoms with Gasteiger partial charge in [-0.1, -0.05) is 32.0 Å². The van der Waals surface area contributed by atoms with Crippen LogP contribution in [0.15, 0.2) is 48.0 Å². The Labute approximate surface area is 160 Å². The normalized spacial score (nSPS) is 12.0. The molecule has 0 fully saturated rings. The number of nitriles is 1. The van der Waals surface area contributed by atoms with E-state index in [9.17, 15) is 10.1 Å². The van der Waals surface area contributed by atoms with Gasteiger partial charge in [-0.15, -0.1) is 0 Å². The minimum absolute atomic E-state index is 0.00761. The number of ether oxygens (including phenoxy) is 2. The van der Waals surface area contributed by atoms with E-state index >= 15 is 0 Å². The molecule has 2 aromatic carbocycles. The lowest BCUT2D eigenvalue weighted by Gasteiger charge is -2.10.